The first-order chi connectivity index (χ1) is 8.90. The van der Waals surface area contributed by atoms with Crippen LogP contribution in [-0.4, -0.2) is 61.5 Å². The molecule has 1 N–H and O–H groups in total. The molecule has 0 aromatic heterocycles. The van der Waals surface area contributed by atoms with Crippen LogP contribution in [0.3, 0.4) is 0 Å². The fourth-order valence-corrected chi connectivity index (χ4v) is 2.72. The van der Waals surface area contributed by atoms with Gasteiger partial charge in [-0.2, -0.15) is 0 Å². The van der Waals surface area contributed by atoms with Gasteiger partial charge in [0.1, 0.15) is 0 Å². The summed E-state index contributed by atoms with van der Waals surface area (Å²) in [7, 11) is 4.32. The Kier molecular flexibility index (Phi) is 6.80. The molecule has 0 aromatic rings. The number of carbonyl (C=O) groups excluding carboxylic acids is 1. The fourth-order valence-electron chi connectivity index (χ4n) is 2.72. The van der Waals surface area contributed by atoms with Crippen LogP contribution in [0, 0.1) is 5.92 Å². The highest BCUT2D eigenvalue weighted by atomic mass is 16.2. The molecule has 1 heterocycles. The second-order valence-corrected chi connectivity index (χ2v) is 6.44. The molecule has 4 heteroatoms. The van der Waals surface area contributed by atoms with Gasteiger partial charge < -0.3 is 15.1 Å². The zero-order valence-corrected chi connectivity index (χ0v) is 13.3. The van der Waals surface area contributed by atoms with E-state index in [1.165, 1.54) is 6.42 Å². The number of hydrogen-bond acceptors (Lipinski definition) is 3. The number of piperidine rings is 1. The van der Waals surface area contributed by atoms with Crippen molar-refractivity contribution in [1.29, 1.82) is 0 Å². The van der Waals surface area contributed by atoms with Gasteiger partial charge in [-0.1, -0.05) is 13.8 Å². The lowest BCUT2D eigenvalue weighted by atomic mass is 10.0. The van der Waals surface area contributed by atoms with Crippen LogP contribution in [0.1, 0.15) is 40.0 Å². The van der Waals surface area contributed by atoms with E-state index in [4.69, 9.17) is 0 Å². The lowest BCUT2D eigenvalue weighted by molar-refractivity contribution is -0.129. The third-order valence-electron chi connectivity index (χ3n) is 4.06. The van der Waals surface area contributed by atoms with Crippen LogP contribution in [0.15, 0.2) is 0 Å². The van der Waals surface area contributed by atoms with Gasteiger partial charge in [0.25, 0.3) is 0 Å². The van der Waals surface area contributed by atoms with E-state index < -0.39 is 0 Å². The summed E-state index contributed by atoms with van der Waals surface area (Å²) < 4.78 is 0. The summed E-state index contributed by atoms with van der Waals surface area (Å²) in [6.07, 6.45) is 3.40. The smallest absolute Gasteiger partial charge is 0.219 e. The zero-order valence-electron chi connectivity index (χ0n) is 13.3. The molecule has 0 spiro atoms. The third-order valence-corrected chi connectivity index (χ3v) is 4.06. The van der Waals surface area contributed by atoms with Crippen molar-refractivity contribution < 1.29 is 4.79 Å². The molecule has 0 saturated carbocycles. The number of nitrogens with zero attached hydrogens (tertiary/aromatic N) is 2. The lowest BCUT2D eigenvalue weighted by Gasteiger charge is -2.34. The van der Waals surface area contributed by atoms with E-state index in [0.29, 0.717) is 12.1 Å². The number of likely N-dealkylation sites (N-methyl/N-ethyl adjacent to an activating group) is 1. The maximum absolute atomic E-state index is 11.3. The van der Waals surface area contributed by atoms with E-state index in [-0.39, 0.29) is 5.91 Å². The van der Waals surface area contributed by atoms with E-state index in [0.717, 1.165) is 38.4 Å². The van der Waals surface area contributed by atoms with Gasteiger partial charge in [0.05, 0.1) is 0 Å². The minimum atomic E-state index is 0.212. The third kappa shape index (κ3) is 5.91. The Hall–Kier alpha value is -0.610. The largest absolute Gasteiger partial charge is 0.343 e. The quantitative estimate of drug-likeness (QED) is 0.795. The molecule has 1 amide bonds. The van der Waals surface area contributed by atoms with Crippen molar-refractivity contribution in [3.8, 4) is 0 Å². The summed E-state index contributed by atoms with van der Waals surface area (Å²) in [4.78, 5) is 15.6. The van der Waals surface area contributed by atoms with Gasteiger partial charge in [-0.05, 0) is 39.3 Å². The topological polar surface area (TPSA) is 35.6 Å². The number of carbonyl (C=O) groups is 1. The molecule has 1 atom stereocenters. The molecule has 1 saturated heterocycles. The van der Waals surface area contributed by atoms with Gasteiger partial charge in [0.2, 0.25) is 5.91 Å². The molecule has 112 valence electrons. The normalized spacial score (nSPS) is 19.2. The SMILES string of the molecule is CC(=O)N1CCC(NCC(CC(C)C)N(C)C)CC1. The van der Waals surface area contributed by atoms with Gasteiger partial charge in [0.15, 0.2) is 0 Å². The minimum Gasteiger partial charge on any atom is -0.343 e. The first kappa shape index (κ1) is 16.4. The maximum atomic E-state index is 11.3. The standard InChI is InChI=1S/C15H31N3O/c1-12(2)10-15(17(4)5)11-16-14-6-8-18(9-7-14)13(3)19/h12,14-16H,6-11H2,1-5H3. The molecule has 1 unspecified atom stereocenters. The maximum Gasteiger partial charge on any atom is 0.219 e. The number of likely N-dealkylation sites (tertiary alicyclic amines) is 1. The molecule has 1 aliphatic rings. The van der Waals surface area contributed by atoms with Crippen molar-refractivity contribution in [3.63, 3.8) is 0 Å². The molecule has 1 fully saturated rings. The predicted octanol–water partition coefficient (Wildman–Crippen LogP) is 1.56. The number of nitrogens with one attached hydrogen (secondary N) is 1. The Bertz CT molecular complexity index is 271. The number of rotatable bonds is 6. The molecule has 19 heavy (non-hydrogen) atoms. The van der Waals surface area contributed by atoms with Crippen LogP contribution in [0.5, 0.6) is 0 Å². The average Bonchev–Trinajstić information content (AvgIpc) is 2.34. The van der Waals surface area contributed by atoms with Crippen LogP contribution in [0.25, 0.3) is 0 Å². The van der Waals surface area contributed by atoms with Crippen molar-refractivity contribution >= 4 is 5.91 Å². The Morgan fingerprint density at radius 3 is 2.32 bits per heavy atom. The van der Waals surface area contributed by atoms with Gasteiger partial charge in [-0.25, -0.2) is 0 Å². The summed E-state index contributed by atoms with van der Waals surface area (Å²) in [6, 6.07) is 1.18. The highest BCUT2D eigenvalue weighted by Gasteiger charge is 2.21. The van der Waals surface area contributed by atoms with E-state index in [2.05, 4.69) is 38.2 Å². The molecule has 0 aromatic carbocycles. The molecule has 0 aliphatic carbocycles. The van der Waals surface area contributed by atoms with Gasteiger partial charge in [-0.3, -0.25) is 4.79 Å². The summed E-state index contributed by atoms with van der Waals surface area (Å²) in [5.74, 6) is 0.943. The predicted molar refractivity (Wildman–Crippen MR) is 80.2 cm³/mol. The molecule has 0 bridgehead atoms. The Balaban J connectivity index is 2.30. The van der Waals surface area contributed by atoms with Gasteiger partial charge >= 0.3 is 0 Å². The Morgan fingerprint density at radius 2 is 1.89 bits per heavy atom. The highest BCUT2D eigenvalue weighted by Crippen LogP contribution is 2.12. The van der Waals surface area contributed by atoms with E-state index in [9.17, 15) is 4.79 Å². The lowest BCUT2D eigenvalue weighted by Crippen LogP contribution is -2.48. The van der Waals surface area contributed by atoms with Crippen LogP contribution in [0.4, 0.5) is 0 Å². The summed E-state index contributed by atoms with van der Waals surface area (Å²) in [6.45, 7) is 9.09. The second kappa shape index (κ2) is 7.85. The van der Waals surface area contributed by atoms with E-state index >= 15 is 0 Å². The van der Waals surface area contributed by atoms with E-state index in [1.807, 2.05) is 4.90 Å². The molecule has 0 radical (unpaired) electrons. The van der Waals surface area contributed by atoms with Crippen LogP contribution >= 0.6 is 0 Å². The molecule has 1 rings (SSSR count). The summed E-state index contributed by atoms with van der Waals surface area (Å²) in [5, 5.41) is 3.69. The first-order valence-electron chi connectivity index (χ1n) is 7.55. The molecular weight excluding hydrogens is 238 g/mol. The minimum absolute atomic E-state index is 0.212. The number of hydrogen-bond donors (Lipinski definition) is 1. The van der Waals surface area contributed by atoms with Gasteiger partial charge in [-0.15, -0.1) is 0 Å². The Labute approximate surface area is 118 Å². The van der Waals surface area contributed by atoms with E-state index in [1.54, 1.807) is 6.92 Å². The van der Waals surface area contributed by atoms with Crippen molar-refractivity contribution in [2.75, 3.05) is 33.7 Å². The summed E-state index contributed by atoms with van der Waals surface area (Å²) >= 11 is 0. The van der Waals surface area contributed by atoms with Crippen LogP contribution < -0.4 is 5.32 Å². The highest BCUT2D eigenvalue weighted by molar-refractivity contribution is 5.73. The van der Waals surface area contributed by atoms with Crippen molar-refractivity contribution in [2.24, 2.45) is 5.92 Å². The first-order valence-corrected chi connectivity index (χ1v) is 7.55. The monoisotopic (exact) mass is 269 g/mol. The molecule has 1 aliphatic heterocycles. The van der Waals surface area contributed by atoms with Crippen molar-refractivity contribution in [1.82, 2.24) is 15.1 Å². The molecule has 4 nitrogen and oxygen atoms in total. The fraction of sp³-hybridized carbons (Fsp3) is 0.933. The van der Waals surface area contributed by atoms with Crippen LogP contribution in [-0.2, 0) is 4.79 Å². The Morgan fingerprint density at radius 1 is 1.32 bits per heavy atom. The van der Waals surface area contributed by atoms with Crippen molar-refractivity contribution in [2.45, 2.75) is 52.1 Å². The zero-order chi connectivity index (χ0) is 14.4. The summed E-state index contributed by atoms with van der Waals surface area (Å²) in [5.41, 5.74) is 0. The average molecular weight is 269 g/mol. The van der Waals surface area contributed by atoms with Gasteiger partial charge in [0, 0.05) is 38.6 Å². The molecular formula is C15H31N3O. The second-order valence-electron chi connectivity index (χ2n) is 6.44. The number of amides is 1. The van der Waals surface area contributed by atoms with Crippen LogP contribution in [0.2, 0.25) is 0 Å². The van der Waals surface area contributed by atoms with Crippen molar-refractivity contribution in [3.05, 3.63) is 0 Å².